The highest BCUT2D eigenvalue weighted by atomic mass is 16.5. The monoisotopic (exact) mass is 395 g/mol. The molecule has 0 aromatic carbocycles. The van der Waals surface area contributed by atoms with Gasteiger partial charge in [0.2, 0.25) is 11.8 Å². The third-order valence-corrected chi connectivity index (χ3v) is 5.58. The first-order valence-electron chi connectivity index (χ1n) is 11.2. The van der Waals surface area contributed by atoms with Gasteiger partial charge in [-0.15, -0.1) is 0 Å². The van der Waals surface area contributed by atoms with Gasteiger partial charge in [0.05, 0.1) is 28.2 Å². The summed E-state index contributed by atoms with van der Waals surface area (Å²) < 4.78 is 34.4. The molecule has 8 nitrogen and oxygen atoms in total. The Hall–Kier alpha value is -3.13. The van der Waals surface area contributed by atoms with Crippen LogP contribution in [-0.2, 0) is 4.74 Å². The van der Waals surface area contributed by atoms with Gasteiger partial charge in [0.15, 0.2) is 0 Å². The van der Waals surface area contributed by atoms with Crippen molar-refractivity contribution in [2.24, 2.45) is 0 Å². The Labute approximate surface area is 172 Å². The van der Waals surface area contributed by atoms with E-state index in [2.05, 4.69) is 31.4 Å². The summed E-state index contributed by atoms with van der Waals surface area (Å²) in [6.07, 6.45) is 8.27. The molecule has 0 atom stereocenters. The molecule has 4 aromatic rings. The van der Waals surface area contributed by atoms with Crippen molar-refractivity contribution in [3.8, 4) is 17.0 Å². The third kappa shape index (κ3) is 3.29. The van der Waals surface area contributed by atoms with Crippen LogP contribution in [0.5, 0.6) is 5.88 Å². The van der Waals surface area contributed by atoms with Gasteiger partial charge >= 0.3 is 0 Å². The molecule has 0 aliphatic heterocycles. The second kappa shape index (κ2) is 7.36. The van der Waals surface area contributed by atoms with Crippen LogP contribution in [0.4, 0.5) is 5.95 Å². The van der Waals surface area contributed by atoms with Gasteiger partial charge in [-0.3, -0.25) is 0 Å². The number of aromatic nitrogens is 5. The molecule has 1 fully saturated rings. The van der Waals surface area contributed by atoms with Gasteiger partial charge in [-0.1, -0.05) is 0 Å². The molecule has 0 amide bonds. The summed E-state index contributed by atoms with van der Waals surface area (Å²) in [5.74, 6) is 0.968. The molecule has 1 aliphatic rings. The van der Waals surface area contributed by atoms with Crippen LogP contribution in [0.15, 0.2) is 36.8 Å². The summed E-state index contributed by atoms with van der Waals surface area (Å²) in [4.78, 5) is 12.5. The Balaban J connectivity index is 1.37. The van der Waals surface area contributed by atoms with E-state index in [4.69, 9.17) is 13.6 Å². The molecular formula is C21H24N6O2. The molecule has 0 saturated heterocycles. The number of hydrogen-bond donors (Lipinski definition) is 2. The van der Waals surface area contributed by atoms with E-state index in [0.29, 0.717) is 30.3 Å². The van der Waals surface area contributed by atoms with Crippen molar-refractivity contribution in [2.75, 3.05) is 19.5 Å². The molecule has 1 aliphatic carbocycles. The van der Waals surface area contributed by atoms with E-state index in [0.717, 1.165) is 34.9 Å². The van der Waals surface area contributed by atoms with Crippen molar-refractivity contribution < 1.29 is 13.6 Å². The summed E-state index contributed by atoms with van der Waals surface area (Å²) in [6, 6.07) is 6.15. The zero-order valence-electron chi connectivity index (χ0n) is 19.1. The first-order chi connectivity index (χ1) is 15.4. The number of ether oxygens (including phenoxy) is 2. The number of anilines is 1. The van der Waals surface area contributed by atoms with Crippen molar-refractivity contribution >= 4 is 22.5 Å². The molecule has 4 aromatic heterocycles. The number of H-pyrrole nitrogens is 1. The van der Waals surface area contributed by atoms with Gasteiger partial charge in [0, 0.05) is 37.2 Å². The van der Waals surface area contributed by atoms with Crippen LogP contribution in [0.3, 0.4) is 0 Å². The van der Waals surface area contributed by atoms with Gasteiger partial charge in [-0.25, -0.2) is 4.52 Å². The van der Waals surface area contributed by atoms with Crippen LogP contribution >= 0.6 is 0 Å². The zero-order chi connectivity index (χ0) is 22.3. The van der Waals surface area contributed by atoms with E-state index >= 15 is 0 Å². The zero-order valence-corrected chi connectivity index (χ0v) is 16.1. The number of nitrogens with one attached hydrogen (secondary N) is 2. The largest absolute Gasteiger partial charge is 0.480 e. The number of hydrogen-bond acceptors (Lipinski definition) is 6. The lowest BCUT2D eigenvalue weighted by Gasteiger charge is -2.28. The molecule has 0 spiro atoms. The average Bonchev–Trinajstić information content (AvgIpc) is 3.40. The van der Waals surface area contributed by atoms with Crippen molar-refractivity contribution in [3.05, 3.63) is 36.8 Å². The van der Waals surface area contributed by atoms with Crippen LogP contribution in [0.1, 0.15) is 29.8 Å². The highest BCUT2D eigenvalue weighted by Gasteiger charge is 2.22. The quantitative estimate of drug-likeness (QED) is 0.536. The van der Waals surface area contributed by atoms with Crippen LogP contribution in [0.2, 0.25) is 0 Å². The maximum absolute atomic E-state index is 7.27. The van der Waals surface area contributed by atoms with Gasteiger partial charge in [-0.2, -0.15) is 15.1 Å². The molecule has 5 rings (SSSR count). The van der Waals surface area contributed by atoms with Crippen molar-refractivity contribution in [3.63, 3.8) is 0 Å². The Bertz CT molecular complexity index is 1240. The Kier molecular flexibility index (Phi) is 3.76. The molecule has 0 unspecified atom stereocenters. The van der Waals surface area contributed by atoms with Gasteiger partial charge in [0.1, 0.15) is 5.65 Å². The van der Waals surface area contributed by atoms with E-state index in [1.54, 1.807) is 13.3 Å². The highest BCUT2D eigenvalue weighted by Crippen LogP contribution is 2.35. The molecule has 0 radical (unpaired) electrons. The molecule has 29 heavy (non-hydrogen) atoms. The number of fused-ring (bicyclic) bond motifs is 2. The first-order valence-corrected chi connectivity index (χ1v) is 9.71. The minimum atomic E-state index is -2.35. The van der Waals surface area contributed by atoms with Crippen molar-refractivity contribution in [1.29, 1.82) is 0 Å². The van der Waals surface area contributed by atoms with E-state index in [9.17, 15) is 0 Å². The number of nitrogens with zero attached hydrogens (tertiary/aromatic N) is 4. The van der Waals surface area contributed by atoms with Crippen molar-refractivity contribution in [2.45, 2.75) is 37.8 Å². The average molecular weight is 395 g/mol. The molecule has 4 heterocycles. The van der Waals surface area contributed by atoms with E-state index in [1.165, 1.54) is 0 Å². The van der Waals surface area contributed by atoms with Crippen LogP contribution in [0, 0.1) is 0 Å². The van der Waals surface area contributed by atoms with Gasteiger partial charge < -0.3 is 19.8 Å². The summed E-state index contributed by atoms with van der Waals surface area (Å²) >= 11 is 0. The standard InChI is InChI=1S/C21H24N6O2/c1-28-16-5-3-14(4-6-16)24-21-25-19-18(20(26-21)29-2)17(12-22-19)13-8-10-27-15(11-13)7-9-23-27/h7-12,14,16H,3-6H2,1-2H3,(H2,22,24,25,26)/i1D3. The molecular weight excluding hydrogens is 368 g/mol. The Morgan fingerprint density at radius 1 is 1.24 bits per heavy atom. The number of aromatic amines is 1. The fraction of sp³-hybridized carbons (Fsp3) is 0.381. The molecule has 8 heteroatoms. The highest BCUT2D eigenvalue weighted by molar-refractivity contribution is 5.98. The summed E-state index contributed by atoms with van der Waals surface area (Å²) in [5, 5.41) is 8.43. The van der Waals surface area contributed by atoms with E-state index < -0.39 is 7.04 Å². The maximum atomic E-state index is 7.27. The topological polar surface area (TPSA) is 89.4 Å². The Morgan fingerprint density at radius 2 is 2.14 bits per heavy atom. The lowest BCUT2D eigenvalue weighted by atomic mass is 9.93. The minimum absolute atomic E-state index is 0.146. The van der Waals surface area contributed by atoms with Crippen LogP contribution in [-0.4, -0.2) is 50.9 Å². The Morgan fingerprint density at radius 3 is 2.97 bits per heavy atom. The predicted molar refractivity (Wildman–Crippen MR) is 111 cm³/mol. The third-order valence-electron chi connectivity index (χ3n) is 5.58. The number of rotatable bonds is 5. The summed E-state index contributed by atoms with van der Waals surface area (Å²) in [5.41, 5.74) is 3.64. The lowest BCUT2D eigenvalue weighted by Crippen LogP contribution is -2.29. The fourth-order valence-corrected chi connectivity index (χ4v) is 4.04. The van der Waals surface area contributed by atoms with Crippen LogP contribution in [0.25, 0.3) is 27.7 Å². The first kappa shape index (κ1) is 14.8. The lowest BCUT2D eigenvalue weighted by molar-refractivity contribution is 0.0681. The number of methoxy groups -OCH3 is 2. The van der Waals surface area contributed by atoms with Crippen molar-refractivity contribution in [1.82, 2.24) is 24.6 Å². The maximum Gasteiger partial charge on any atom is 0.228 e. The number of pyridine rings is 1. The van der Waals surface area contributed by atoms with Crippen LogP contribution < -0.4 is 10.1 Å². The minimum Gasteiger partial charge on any atom is -0.480 e. The van der Waals surface area contributed by atoms with Gasteiger partial charge in [0.25, 0.3) is 0 Å². The SMILES string of the molecule is [2H]C([2H])([2H])OC1CCC(Nc2nc(OC)c3c(-c4ccn5nccc5c4)c[nH]c3n2)CC1. The molecule has 1 saturated carbocycles. The second-order valence-corrected chi connectivity index (χ2v) is 7.33. The normalized spacial score (nSPS) is 21.6. The fourth-order valence-electron chi connectivity index (χ4n) is 4.04. The predicted octanol–water partition coefficient (Wildman–Crippen LogP) is 3.65. The molecule has 0 bridgehead atoms. The summed E-state index contributed by atoms with van der Waals surface area (Å²) in [7, 11) is -0.750. The molecule has 150 valence electrons. The van der Waals surface area contributed by atoms with Gasteiger partial charge in [-0.05, 0) is 49.4 Å². The van der Waals surface area contributed by atoms with E-state index in [-0.39, 0.29) is 12.1 Å². The molecule has 2 N–H and O–H groups in total. The van der Waals surface area contributed by atoms with E-state index in [1.807, 2.05) is 29.0 Å². The smallest absolute Gasteiger partial charge is 0.228 e. The summed E-state index contributed by atoms with van der Waals surface area (Å²) in [6.45, 7) is 0. The second-order valence-electron chi connectivity index (χ2n) is 7.33.